The highest BCUT2D eigenvalue weighted by Crippen LogP contribution is 2.30. The Morgan fingerprint density at radius 2 is 2.53 bits per heavy atom. The number of rotatable bonds is 5. The van der Waals surface area contributed by atoms with Gasteiger partial charge in [-0.15, -0.1) is 11.3 Å². The number of fused-ring (bicyclic) bond motifs is 1. The summed E-state index contributed by atoms with van der Waals surface area (Å²) in [5.74, 6) is 1.15. The molecule has 19 heavy (non-hydrogen) atoms. The van der Waals surface area contributed by atoms with Crippen LogP contribution in [0.25, 0.3) is 10.3 Å². The number of hydrogen-bond donors (Lipinski definition) is 1. The molecule has 1 aliphatic heterocycles. The van der Waals surface area contributed by atoms with Crippen LogP contribution in [0, 0.1) is 5.92 Å². The van der Waals surface area contributed by atoms with Crippen LogP contribution in [0.2, 0.25) is 0 Å². The van der Waals surface area contributed by atoms with Gasteiger partial charge >= 0.3 is 0 Å². The zero-order chi connectivity index (χ0) is 13.1. The molecule has 3 rings (SSSR count). The third-order valence-corrected chi connectivity index (χ3v) is 4.89. The summed E-state index contributed by atoms with van der Waals surface area (Å²) in [5.41, 5.74) is 3.61. The third-order valence-electron chi connectivity index (χ3n) is 2.86. The molecule has 1 atom stereocenters. The van der Waals surface area contributed by atoms with E-state index in [2.05, 4.69) is 20.4 Å². The number of thiazole rings is 1. The third kappa shape index (κ3) is 2.97. The van der Waals surface area contributed by atoms with E-state index in [1.807, 2.05) is 6.26 Å². The number of aromatic nitrogens is 3. The lowest BCUT2D eigenvalue weighted by Crippen LogP contribution is -2.13. The molecule has 0 aliphatic carbocycles. The van der Waals surface area contributed by atoms with Crippen LogP contribution in [0.4, 0.5) is 5.82 Å². The van der Waals surface area contributed by atoms with Gasteiger partial charge in [-0.3, -0.25) is 4.84 Å². The fourth-order valence-electron chi connectivity index (χ4n) is 1.84. The molecule has 0 spiro atoms. The number of nitrogens with zero attached hydrogens (tertiary/aromatic N) is 3. The Hall–Kier alpha value is -0.960. The van der Waals surface area contributed by atoms with Crippen molar-refractivity contribution >= 4 is 39.3 Å². The molecule has 1 saturated heterocycles. The maximum Gasteiger partial charge on any atom is 0.177 e. The van der Waals surface area contributed by atoms with Crippen LogP contribution in [-0.4, -0.2) is 41.0 Å². The summed E-state index contributed by atoms with van der Waals surface area (Å²) in [6.45, 7) is 2.23. The van der Waals surface area contributed by atoms with Crippen LogP contribution < -0.4 is 5.48 Å². The number of anilines is 1. The van der Waals surface area contributed by atoms with Gasteiger partial charge in [0.25, 0.3) is 0 Å². The van der Waals surface area contributed by atoms with Crippen molar-refractivity contribution in [2.75, 3.05) is 31.6 Å². The molecular weight excluding hydrogens is 284 g/mol. The first-order valence-electron chi connectivity index (χ1n) is 5.98. The van der Waals surface area contributed by atoms with Gasteiger partial charge in [0.1, 0.15) is 11.0 Å². The van der Waals surface area contributed by atoms with Crippen molar-refractivity contribution in [3.05, 3.63) is 6.33 Å². The molecule has 1 fully saturated rings. The van der Waals surface area contributed by atoms with Crippen molar-refractivity contribution in [1.82, 2.24) is 15.0 Å². The predicted octanol–water partition coefficient (Wildman–Crippen LogP) is 2.19. The highest BCUT2D eigenvalue weighted by molar-refractivity contribution is 8.00. The summed E-state index contributed by atoms with van der Waals surface area (Å²) in [7, 11) is 0. The van der Waals surface area contributed by atoms with E-state index in [9.17, 15) is 0 Å². The molecule has 3 heterocycles. The highest BCUT2D eigenvalue weighted by Gasteiger charge is 2.16. The van der Waals surface area contributed by atoms with Gasteiger partial charge < -0.3 is 4.74 Å². The highest BCUT2D eigenvalue weighted by atomic mass is 32.2. The first-order chi connectivity index (χ1) is 9.36. The largest absolute Gasteiger partial charge is 0.381 e. The van der Waals surface area contributed by atoms with E-state index in [0.717, 1.165) is 28.7 Å². The lowest BCUT2D eigenvalue weighted by Gasteiger charge is -2.09. The first-order valence-corrected chi connectivity index (χ1v) is 8.02. The van der Waals surface area contributed by atoms with E-state index in [-0.39, 0.29) is 0 Å². The van der Waals surface area contributed by atoms with Gasteiger partial charge in [0, 0.05) is 12.5 Å². The molecule has 0 bridgehead atoms. The zero-order valence-electron chi connectivity index (χ0n) is 10.5. The Kier molecular flexibility index (Phi) is 4.12. The molecule has 1 N–H and O–H groups in total. The first kappa shape index (κ1) is 13.0. The van der Waals surface area contributed by atoms with Crippen LogP contribution in [0.1, 0.15) is 6.42 Å². The molecule has 2 aromatic heterocycles. The second kappa shape index (κ2) is 6.00. The SMILES string of the molecule is CSc1nc2ncnc(NOCC3CCOC3)c2s1. The molecule has 0 amide bonds. The van der Waals surface area contributed by atoms with E-state index in [4.69, 9.17) is 9.57 Å². The van der Waals surface area contributed by atoms with Crippen LogP contribution in [0.5, 0.6) is 0 Å². The van der Waals surface area contributed by atoms with Gasteiger partial charge in [0.15, 0.2) is 15.8 Å². The molecule has 6 nitrogen and oxygen atoms in total. The summed E-state index contributed by atoms with van der Waals surface area (Å²) in [4.78, 5) is 18.3. The minimum absolute atomic E-state index is 0.466. The lowest BCUT2D eigenvalue weighted by molar-refractivity contribution is 0.126. The van der Waals surface area contributed by atoms with E-state index in [1.165, 1.54) is 6.33 Å². The Balaban J connectivity index is 1.67. The lowest BCUT2D eigenvalue weighted by atomic mass is 10.1. The number of nitrogens with one attached hydrogen (secondary N) is 1. The van der Waals surface area contributed by atoms with Crippen LogP contribution in [-0.2, 0) is 9.57 Å². The van der Waals surface area contributed by atoms with Crippen molar-refractivity contribution in [1.29, 1.82) is 0 Å². The monoisotopic (exact) mass is 298 g/mol. The van der Waals surface area contributed by atoms with Gasteiger partial charge in [-0.05, 0) is 12.7 Å². The number of ether oxygens (including phenoxy) is 1. The van der Waals surface area contributed by atoms with Gasteiger partial charge in [0.05, 0.1) is 13.2 Å². The van der Waals surface area contributed by atoms with E-state index < -0.39 is 0 Å². The zero-order valence-corrected chi connectivity index (χ0v) is 12.1. The smallest absolute Gasteiger partial charge is 0.177 e. The maximum atomic E-state index is 5.51. The number of hydrogen-bond acceptors (Lipinski definition) is 8. The topological polar surface area (TPSA) is 69.2 Å². The van der Waals surface area contributed by atoms with E-state index >= 15 is 0 Å². The van der Waals surface area contributed by atoms with Gasteiger partial charge in [-0.1, -0.05) is 11.8 Å². The molecule has 1 aliphatic rings. The van der Waals surface area contributed by atoms with Crippen LogP contribution in [0.15, 0.2) is 10.7 Å². The van der Waals surface area contributed by atoms with Gasteiger partial charge in [0.2, 0.25) is 0 Å². The number of thioether (sulfide) groups is 1. The fraction of sp³-hybridized carbons (Fsp3) is 0.545. The van der Waals surface area contributed by atoms with Crippen molar-refractivity contribution < 1.29 is 9.57 Å². The van der Waals surface area contributed by atoms with E-state index in [0.29, 0.717) is 24.0 Å². The summed E-state index contributed by atoms with van der Waals surface area (Å²) < 4.78 is 7.20. The second-order valence-electron chi connectivity index (χ2n) is 4.20. The van der Waals surface area contributed by atoms with Gasteiger partial charge in [-0.25, -0.2) is 20.4 Å². The van der Waals surface area contributed by atoms with E-state index in [1.54, 1.807) is 23.1 Å². The van der Waals surface area contributed by atoms with Crippen LogP contribution >= 0.6 is 23.1 Å². The molecule has 1 unspecified atom stereocenters. The molecule has 8 heteroatoms. The quantitative estimate of drug-likeness (QED) is 0.670. The molecule has 0 saturated carbocycles. The molecular formula is C11H14N4O2S2. The average molecular weight is 298 g/mol. The van der Waals surface area contributed by atoms with Crippen molar-refractivity contribution in [2.24, 2.45) is 5.92 Å². The average Bonchev–Trinajstić information content (AvgIpc) is 3.07. The van der Waals surface area contributed by atoms with Crippen LogP contribution in [0.3, 0.4) is 0 Å². The summed E-state index contributed by atoms with van der Waals surface area (Å²) in [5, 5.41) is 0. The van der Waals surface area contributed by atoms with Crippen molar-refractivity contribution in [3.63, 3.8) is 0 Å². The fourth-order valence-corrected chi connectivity index (χ4v) is 3.29. The minimum Gasteiger partial charge on any atom is -0.381 e. The van der Waals surface area contributed by atoms with Crippen molar-refractivity contribution in [2.45, 2.75) is 10.8 Å². The predicted molar refractivity (Wildman–Crippen MR) is 75.5 cm³/mol. The Bertz CT molecular complexity index is 557. The van der Waals surface area contributed by atoms with Crippen molar-refractivity contribution in [3.8, 4) is 0 Å². The summed E-state index contributed by atoms with van der Waals surface area (Å²) >= 11 is 3.17. The maximum absolute atomic E-state index is 5.51. The molecule has 0 aromatic carbocycles. The Morgan fingerprint density at radius 1 is 1.58 bits per heavy atom. The molecule has 102 valence electrons. The Morgan fingerprint density at radius 3 is 3.32 bits per heavy atom. The summed E-state index contributed by atoms with van der Waals surface area (Å²) in [6.07, 6.45) is 4.55. The van der Waals surface area contributed by atoms with Gasteiger partial charge in [-0.2, -0.15) is 0 Å². The minimum atomic E-state index is 0.466. The molecule has 2 aromatic rings. The molecule has 0 radical (unpaired) electrons. The standard InChI is InChI=1S/C11H14N4O2S2/c1-18-11-14-9-8(19-11)10(13-6-12-9)15-17-5-7-2-3-16-4-7/h6-7H,2-5H2,1H3,(H,12,13,15). The second-order valence-corrected chi connectivity index (χ2v) is 6.25. The summed E-state index contributed by atoms with van der Waals surface area (Å²) in [6, 6.07) is 0. The normalized spacial score (nSPS) is 19.1. The Labute approximate surface area is 118 Å².